The molecule has 0 spiro atoms. The molecule has 0 aromatic heterocycles. The number of carbonyl (C=O) groups is 1. The second-order valence-electron chi connectivity index (χ2n) is 3.98. The van der Waals surface area contributed by atoms with Crippen molar-refractivity contribution < 1.29 is 13.6 Å². The van der Waals surface area contributed by atoms with Crippen molar-refractivity contribution in [2.75, 3.05) is 0 Å². The summed E-state index contributed by atoms with van der Waals surface area (Å²) in [6, 6.07) is 2.54. The van der Waals surface area contributed by atoms with E-state index in [2.05, 4.69) is 0 Å². The zero-order valence-electron chi connectivity index (χ0n) is 8.89. The molecule has 1 aromatic rings. The summed E-state index contributed by atoms with van der Waals surface area (Å²) in [6.07, 6.45) is 1.84. The summed E-state index contributed by atoms with van der Waals surface area (Å²) < 4.78 is 26.0. The third-order valence-electron chi connectivity index (χ3n) is 2.33. The van der Waals surface area contributed by atoms with Gasteiger partial charge in [-0.05, 0) is 30.4 Å². The van der Waals surface area contributed by atoms with Gasteiger partial charge in [0.15, 0.2) is 17.9 Å². The second-order valence-corrected chi connectivity index (χ2v) is 3.98. The summed E-state index contributed by atoms with van der Waals surface area (Å²) in [6.45, 7) is 4.08. The lowest BCUT2D eigenvalue weighted by Gasteiger charge is -2.08. The summed E-state index contributed by atoms with van der Waals surface area (Å²) >= 11 is 0. The van der Waals surface area contributed by atoms with Gasteiger partial charge < -0.3 is 0 Å². The van der Waals surface area contributed by atoms with Crippen LogP contribution in [0.5, 0.6) is 0 Å². The van der Waals surface area contributed by atoms with Gasteiger partial charge in [-0.15, -0.1) is 0 Å². The normalized spacial score (nSPS) is 10.7. The molecule has 0 aliphatic heterocycles. The highest BCUT2D eigenvalue weighted by Gasteiger charge is 2.12. The van der Waals surface area contributed by atoms with Crippen molar-refractivity contribution >= 4 is 6.29 Å². The average Bonchev–Trinajstić information content (AvgIpc) is 2.19. The van der Waals surface area contributed by atoms with E-state index in [-0.39, 0.29) is 5.56 Å². The van der Waals surface area contributed by atoms with Gasteiger partial charge in [0, 0.05) is 0 Å². The van der Waals surface area contributed by atoms with Crippen LogP contribution in [0.25, 0.3) is 0 Å². The molecule has 15 heavy (non-hydrogen) atoms. The largest absolute Gasteiger partial charge is 0.298 e. The van der Waals surface area contributed by atoms with Crippen LogP contribution in [0.2, 0.25) is 0 Å². The molecule has 0 amide bonds. The van der Waals surface area contributed by atoms with Crippen LogP contribution in [0.15, 0.2) is 12.1 Å². The monoisotopic (exact) mass is 212 g/mol. The molecule has 82 valence electrons. The first-order chi connectivity index (χ1) is 7.06. The Morgan fingerprint density at radius 3 is 2.53 bits per heavy atom. The Kier molecular flexibility index (Phi) is 3.95. The van der Waals surface area contributed by atoms with E-state index in [1.165, 1.54) is 6.07 Å². The smallest absolute Gasteiger partial charge is 0.169 e. The molecular weight excluding hydrogens is 198 g/mol. The predicted molar refractivity (Wildman–Crippen MR) is 54.9 cm³/mol. The van der Waals surface area contributed by atoms with E-state index in [0.717, 1.165) is 12.5 Å². The van der Waals surface area contributed by atoms with Crippen molar-refractivity contribution in [2.45, 2.75) is 26.7 Å². The maximum atomic E-state index is 13.2. The van der Waals surface area contributed by atoms with Crippen molar-refractivity contribution in [1.29, 1.82) is 0 Å². The summed E-state index contributed by atoms with van der Waals surface area (Å²) in [5.74, 6) is -1.53. The first-order valence-electron chi connectivity index (χ1n) is 4.98. The van der Waals surface area contributed by atoms with Gasteiger partial charge >= 0.3 is 0 Å². The Bertz CT molecular complexity index is 359. The highest BCUT2D eigenvalue weighted by molar-refractivity contribution is 5.77. The lowest BCUT2D eigenvalue weighted by atomic mass is 9.98. The number of carbonyl (C=O) groups excluding carboxylic acids is 1. The average molecular weight is 212 g/mol. The van der Waals surface area contributed by atoms with Gasteiger partial charge in [-0.2, -0.15) is 0 Å². The first-order valence-corrected chi connectivity index (χ1v) is 4.98. The molecule has 0 heterocycles. The predicted octanol–water partition coefficient (Wildman–Crippen LogP) is 3.37. The maximum absolute atomic E-state index is 13.2. The third-order valence-corrected chi connectivity index (χ3v) is 2.33. The molecule has 0 fully saturated rings. The minimum atomic E-state index is -1.04. The Morgan fingerprint density at radius 1 is 1.33 bits per heavy atom. The lowest BCUT2D eigenvalue weighted by molar-refractivity contribution is 0.111. The lowest BCUT2D eigenvalue weighted by Crippen LogP contribution is -2.01. The number of benzene rings is 1. The van der Waals surface area contributed by atoms with Crippen LogP contribution >= 0.6 is 0 Å². The number of aryl methyl sites for hydroxylation is 1. The molecule has 3 heteroatoms. The second kappa shape index (κ2) is 5.01. The minimum Gasteiger partial charge on any atom is -0.298 e. The van der Waals surface area contributed by atoms with E-state index in [4.69, 9.17) is 0 Å². The van der Waals surface area contributed by atoms with Crippen LogP contribution in [0.4, 0.5) is 8.78 Å². The number of rotatable bonds is 4. The van der Waals surface area contributed by atoms with Gasteiger partial charge in [0.2, 0.25) is 0 Å². The van der Waals surface area contributed by atoms with Gasteiger partial charge in [-0.1, -0.05) is 19.9 Å². The molecule has 0 saturated carbocycles. The molecule has 1 rings (SSSR count). The summed E-state index contributed by atoms with van der Waals surface area (Å²) in [5, 5.41) is 0. The molecule has 0 unspecified atom stereocenters. The van der Waals surface area contributed by atoms with Gasteiger partial charge in [-0.3, -0.25) is 4.79 Å². The van der Waals surface area contributed by atoms with E-state index in [9.17, 15) is 13.6 Å². The minimum absolute atomic E-state index is 0.143. The number of halogens is 2. The maximum Gasteiger partial charge on any atom is 0.169 e. The van der Waals surface area contributed by atoms with Gasteiger partial charge in [0.05, 0.1) is 5.56 Å². The molecular formula is C12H14F2O. The van der Waals surface area contributed by atoms with E-state index in [1.54, 1.807) is 0 Å². The highest BCUT2D eigenvalue weighted by atomic mass is 19.2. The van der Waals surface area contributed by atoms with E-state index in [1.807, 2.05) is 13.8 Å². The molecule has 0 radical (unpaired) electrons. The van der Waals surface area contributed by atoms with Crippen molar-refractivity contribution in [3.05, 3.63) is 34.9 Å². The van der Waals surface area contributed by atoms with Crippen molar-refractivity contribution in [3.63, 3.8) is 0 Å². The fourth-order valence-electron chi connectivity index (χ4n) is 1.40. The van der Waals surface area contributed by atoms with Crippen LogP contribution in [0, 0.1) is 17.6 Å². The highest BCUT2D eigenvalue weighted by Crippen LogP contribution is 2.18. The quantitative estimate of drug-likeness (QED) is 0.699. The van der Waals surface area contributed by atoms with E-state index in [0.29, 0.717) is 24.2 Å². The molecule has 0 aliphatic carbocycles. The van der Waals surface area contributed by atoms with Crippen molar-refractivity contribution in [2.24, 2.45) is 5.92 Å². The molecule has 0 saturated heterocycles. The van der Waals surface area contributed by atoms with Gasteiger partial charge in [0.1, 0.15) is 0 Å². The fraction of sp³-hybridized carbons (Fsp3) is 0.417. The first kappa shape index (κ1) is 11.8. The standard InChI is InChI=1S/C12H14F2O/c1-8(2)3-4-9-5-6-11(13)12(14)10(9)7-15/h5-8H,3-4H2,1-2H3. The zero-order chi connectivity index (χ0) is 11.4. The SMILES string of the molecule is CC(C)CCc1ccc(F)c(F)c1C=O. The van der Waals surface area contributed by atoms with Gasteiger partial charge in [0.25, 0.3) is 0 Å². The van der Waals surface area contributed by atoms with Crippen LogP contribution < -0.4 is 0 Å². The molecule has 1 nitrogen and oxygen atoms in total. The van der Waals surface area contributed by atoms with Crippen molar-refractivity contribution in [1.82, 2.24) is 0 Å². The summed E-state index contributed by atoms with van der Waals surface area (Å²) in [5.41, 5.74) is 0.438. The van der Waals surface area contributed by atoms with Crippen molar-refractivity contribution in [3.8, 4) is 0 Å². The Hall–Kier alpha value is -1.25. The Morgan fingerprint density at radius 2 is 2.00 bits per heavy atom. The topological polar surface area (TPSA) is 17.1 Å². The zero-order valence-corrected chi connectivity index (χ0v) is 8.89. The third kappa shape index (κ3) is 2.85. The number of aldehydes is 1. The molecule has 0 atom stereocenters. The van der Waals surface area contributed by atoms with Crippen LogP contribution in [0.3, 0.4) is 0 Å². The molecule has 0 N–H and O–H groups in total. The summed E-state index contributed by atoms with van der Waals surface area (Å²) in [4.78, 5) is 10.6. The number of hydrogen-bond donors (Lipinski definition) is 0. The van der Waals surface area contributed by atoms with E-state index >= 15 is 0 Å². The van der Waals surface area contributed by atoms with Crippen LogP contribution in [-0.2, 0) is 6.42 Å². The molecule has 0 bridgehead atoms. The van der Waals surface area contributed by atoms with Crippen LogP contribution in [-0.4, -0.2) is 6.29 Å². The molecule has 0 aliphatic rings. The summed E-state index contributed by atoms with van der Waals surface area (Å²) in [7, 11) is 0. The fourth-order valence-corrected chi connectivity index (χ4v) is 1.40. The Balaban J connectivity index is 2.97. The number of hydrogen-bond acceptors (Lipinski definition) is 1. The van der Waals surface area contributed by atoms with E-state index < -0.39 is 11.6 Å². The molecule has 1 aromatic carbocycles. The van der Waals surface area contributed by atoms with Crippen LogP contribution in [0.1, 0.15) is 36.2 Å². The van der Waals surface area contributed by atoms with Gasteiger partial charge in [-0.25, -0.2) is 8.78 Å². The Labute approximate surface area is 88.1 Å².